The van der Waals surface area contributed by atoms with E-state index in [1.165, 1.54) is 23.3 Å². The van der Waals surface area contributed by atoms with Gasteiger partial charge in [0, 0.05) is 17.8 Å². The molecule has 4 aromatic heterocycles. The number of aromatic nitrogens is 6. The Hall–Kier alpha value is -3.20. The summed E-state index contributed by atoms with van der Waals surface area (Å²) in [6.07, 6.45) is 5.55. The zero-order valence-electron chi connectivity index (χ0n) is 20.0. The van der Waals surface area contributed by atoms with Gasteiger partial charge in [0.15, 0.2) is 17.1 Å². The van der Waals surface area contributed by atoms with Gasteiger partial charge >= 0.3 is 6.09 Å². The van der Waals surface area contributed by atoms with Crippen LogP contribution >= 0.6 is 11.6 Å². The number of pyridine rings is 1. The molecule has 0 unspecified atom stereocenters. The number of hydrogen-bond donors (Lipinski definition) is 0. The van der Waals surface area contributed by atoms with Crippen LogP contribution in [0.5, 0.6) is 0 Å². The molecule has 0 aliphatic heterocycles. The van der Waals surface area contributed by atoms with Crippen molar-refractivity contribution in [2.24, 2.45) is 0 Å². The lowest BCUT2D eigenvalue weighted by atomic mass is 10.1. The smallest absolute Gasteiger partial charge is 0.416 e. The van der Waals surface area contributed by atoms with Crippen LogP contribution in [-0.2, 0) is 11.3 Å². The minimum absolute atomic E-state index is 0.0850. The first-order valence-electron chi connectivity index (χ1n) is 11.5. The molecule has 0 N–H and O–H groups in total. The number of amides is 1. The maximum absolute atomic E-state index is 13.4. The van der Waals surface area contributed by atoms with Crippen molar-refractivity contribution >= 4 is 34.8 Å². The lowest BCUT2D eigenvalue weighted by molar-refractivity contribution is 0.0574. The van der Waals surface area contributed by atoms with Crippen LogP contribution in [0.1, 0.15) is 76.2 Å². The van der Waals surface area contributed by atoms with Gasteiger partial charge in [-0.2, -0.15) is 9.61 Å². The Morgan fingerprint density at radius 2 is 2.03 bits per heavy atom. The molecule has 4 heterocycles. The third kappa shape index (κ3) is 4.44. The number of ether oxygens (including phenoxy) is 1. The highest BCUT2D eigenvalue weighted by Gasteiger charge is 2.29. The van der Waals surface area contributed by atoms with Gasteiger partial charge in [0.2, 0.25) is 0 Å². The molecule has 5 rings (SSSR count). The Labute approximate surface area is 202 Å². The first-order chi connectivity index (χ1) is 16.1. The van der Waals surface area contributed by atoms with E-state index in [1.54, 1.807) is 21.3 Å². The summed E-state index contributed by atoms with van der Waals surface area (Å²) >= 11 is 6.39. The number of rotatable bonds is 5. The van der Waals surface area contributed by atoms with Crippen molar-refractivity contribution < 1.29 is 9.53 Å². The van der Waals surface area contributed by atoms with Crippen molar-refractivity contribution in [3.8, 4) is 0 Å². The fourth-order valence-corrected chi connectivity index (χ4v) is 4.09. The predicted molar refractivity (Wildman–Crippen MR) is 129 cm³/mol. The quantitative estimate of drug-likeness (QED) is 0.356. The molecule has 0 radical (unpaired) electrons. The number of anilines is 1. The van der Waals surface area contributed by atoms with Crippen molar-refractivity contribution in [3.63, 3.8) is 0 Å². The topological polar surface area (TPSA) is 89.9 Å². The molecular weight excluding hydrogens is 454 g/mol. The largest absolute Gasteiger partial charge is 0.443 e. The van der Waals surface area contributed by atoms with E-state index in [0.29, 0.717) is 23.2 Å². The molecule has 1 amide bonds. The van der Waals surface area contributed by atoms with Gasteiger partial charge in [0.05, 0.1) is 12.7 Å². The van der Waals surface area contributed by atoms with Gasteiger partial charge < -0.3 is 4.74 Å². The Morgan fingerprint density at radius 3 is 2.71 bits per heavy atom. The third-order valence-electron chi connectivity index (χ3n) is 5.72. The predicted octanol–water partition coefficient (Wildman–Crippen LogP) is 5.37. The Morgan fingerprint density at radius 1 is 1.26 bits per heavy atom. The lowest BCUT2D eigenvalue weighted by Gasteiger charge is -2.27. The van der Waals surface area contributed by atoms with Gasteiger partial charge in [0.1, 0.15) is 16.6 Å². The zero-order chi connectivity index (χ0) is 24.2. The highest BCUT2D eigenvalue weighted by molar-refractivity contribution is 6.29. The molecule has 0 spiro atoms. The van der Waals surface area contributed by atoms with E-state index in [9.17, 15) is 4.79 Å². The third-order valence-corrected chi connectivity index (χ3v) is 5.91. The molecule has 0 saturated heterocycles. The molecule has 0 atom stereocenters. The Kier molecular flexibility index (Phi) is 5.47. The molecule has 0 aromatic carbocycles. The monoisotopic (exact) mass is 481 g/mol. The van der Waals surface area contributed by atoms with Crippen LogP contribution in [0.15, 0.2) is 30.6 Å². The number of fused-ring (bicyclic) bond motifs is 2. The van der Waals surface area contributed by atoms with Gasteiger partial charge in [-0.15, -0.1) is 5.10 Å². The van der Waals surface area contributed by atoms with Gasteiger partial charge in [-0.25, -0.2) is 19.3 Å². The van der Waals surface area contributed by atoms with Crippen LogP contribution in [0.25, 0.3) is 11.3 Å². The number of nitrogens with zero attached hydrogens (tertiary/aromatic N) is 7. The van der Waals surface area contributed by atoms with Gasteiger partial charge in [-0.1, -0.05) is 25.4 Å². The van der Waals surface area contributed by atoms with Crippen molar-refractivity contribution in [1.29, 1.82) is 0 Å². The molecule has 4 aromatic rings. The highest BCUT2D eigenvalue weighted by Crippen LogP contribution is 2.40. The average molecular weight is 482 g/mol. The molecule has 0 bridgehead atoms. The standard InChI is InChI=1S/C24H28ClN7O2/c1-14(2)17-12-26-32-21(11-18(25)27-22(17)32)30(23(33)34-24(3,4)5)13-19-28-20-10-16(15-6-7-15)8-9-31(20)29-19/h8-12,14-15H,6-7,13H2,1-5H3. The summed E-state index contributed by atoms with van der Waals surface area (Å²) in [5.41, 5.74) is 2.87. The van der Waals surface area contributed by atoms with E-state index in [2.05, 4.69) is 46.1 Å². The fourth-order valence-electron chi connectivity index (χ4n) is 3.91. The second-order valence-electron chi connectivity index (χ2n) is 10.1. The molecule has 10 heteroatoms. The van der Waals surface area contributed by atoms with Crippen LogP contribution in [0, 0.1) is 0 Å². The second kappa shape index (κ2) is 8.23. The van der Waals surface area contributed by atoms with Crippen LogP contribution in [0.2, 0.25) is 5.15 Å². The van der Waals surface area contributed by atoms with Crippen LogP contribution < -0.4 is 4.90 Å². The van der Waals surface area contributed by atoms with Crippen molar-refractivity contribution in [2.45, 2.75) is 71.4 Å². The van der Waals surface area contributed by atoms with E-state index in [1.807, 2.05) is 27.0 Å². The molecule has 1 saturated carbocycles. The van der Waals surface area contributed by atoms with E-state index in [4.69, 9.17) is 16.3 Å². The Balaban J connectivity index is 1.58. The molecule has 1 aliphatic carbocycles. The van der Waals surface area contributed by atoms with Crippen molar-refractivity contribution in [3.05, 3.63) is 52.7 Å². The minimum Gasteiger partial charge on any atom is -0.443 e. The summed E-state index contributed by atoms with van der Waals surface area (Å²) in [5.74, 6) is 1.72. The van der Waals surface area contributed by atoms with E-state index < -0.39 is 11.7 Å². The summed E-state index contributed by atoms with van der Waals surface area (Å²) in [4.78, 5) is 24.0. The maximum atomic E-state index is 13.4. The van der Waals surface area contributed by atoms with E-state index in [0.717, 1.165) is 11.2 Å². The van der Waals surface area contributed by atoms with E-state index >= 15 is 0 Å². The van der Waals surface area contributed by atoms with Gasteiger partial charge in [-0.05, 0) is 63.1 Å². The van der Waals surface area contributed by atoms with Gasteiger partial charge in [-0.3, -0.25) is 4.90 Å². The molecule has 34 heavy (non-hydrogen) atoms. The van der Waals surface area contributed by atoms with Crippen LogP contribution in [0.4, 0.5) is 10.6 Å². The number of halogens is 1. The summed E-state index contributed by atoms with van der Waals surface area (Å²) in [5, 5.41) is 9.35. The number of carbonyl (C=O) groups is 1. The minimum atomic E-state index is -0.690. The highest BCUT2D eigenvalue weighted by atomic mass is 35.5. The normalized spacial score (nSPS) is 14.3. The zero-order valence-corrected chi connectivity index (χ0v) is 20.7. The Bertz CT molecular complexity index is 1380. The van der Waals surface area contributed by atoms with Crippen molar-refractivity contribution in [1.82, 2.24) is 29.2 Å². The molecule has 1 aliphatic rings. The number of hydrogen-bond acceptors (Lipinski definition) is 6. The molecule has 1 fully saturated rings. The van der Waals surface area contributed by atoms with Crippen LogP contribution in [-0.4, -0.2) is 40.9 Å². The molecular formula is C24H28ClN7O2. The SMILES string of the molecule is CC(C)c1cnn2c(N(Cc3nc4cc(C5CC5)ccn4n3)C(=O)OC(C)(C)C)cc(Cl)nc12. The van der Waals surface area contributed by atoms with Gasteiger partial charge in [0.25, 0.3) is 0 Å². The molecule has 9 nitrogen and oxygen atoms in total. The second-order valence-corrected chi connectivity index (χ2v) is 10.4. The van der Waals surface area contributed by atoms with E-state index in [-0.39, 0.29) is 17.6 Å². The lowest BCUT2D eigenvalue weighted by Crippen LogP contribution is -2.38. The first-order valence-corrected chi connectivity index (χ1v) is 11.9. The van der Waals surface area contributed by atoms with Crippen molar-refractivity contribution in [2.75, 3.05) is 4.90 Å². The average Bonchev–Trinajstić information content (AvgIpc) is 3.37. The number of carbonyl (C=O) groups excluding carboxylic acids is 1. The summed E-state index contributed by atoms with van der Waals surface area (Å²) < 4.78 is 9.07. The summed E-state index contributed by atoms with van der Waals surface area (Å²) in [6.45, 7) is 9.67. The maximum Gasteiger partial charge on any atom is 0.416 e. The summed E-state index contributed by atoms with van der Waals surface area (Å²) in [7, 11) is 0. The first kappa shape index (κ1) is 22.6. The van der Waals surface area contributed by atoms with Crippen LogP contribution in [0.3, 0.4) is 0 Å². The summed E-state index contributed by atoms with van der Waals surface area (Å²) in [6, 6.07) is 5.75. The fraction of sp³-hybridized carbons (Fsp3) is 0.458. The molecule has 178 valence electrons.